The number of carbonyl (C=O) groups excluding carboxylic acids is 2. The largest absolute Gasteiger partial charge is 0.423 e. The normalized spacial score (nSPS) is 11.2. The molecule has 2 aromatic carbocycles. The van der Waals surface area contributed by atoms with Gasteiger partial charge in [-0.15, -0.1) is 5.10 Å². The number of rotatable bonds is 11. The van der Waals surface area contributed by atoms with Crippen molar-refractivity contribution in [2.24, 2.45) is 5.10 Å². The van der Waals surface area contributed by atoms with E-state index in [0.29, 0.717) is 23.4 Å². The number of hydrogen-bond acceptors (Lipinski definition) is 13. The summed E-state index contributed by atoms with van der Waals surface area (Å²) in [5.74, 6) is -1.17. The molecule has 4 rings (SSSR count). The molecule has 2 aromatic heterocycles. The highest BCUT2D eigenvalue weighted by atomic mass is 16.6. The summed E-state index contributed by atoms with van der Waals surface area (Å²) < 4.78 is 11.2. The van der Waals surface area contributed by atoms with Gasteiger partial charge in [-0.3, -0.25) is 19.8 Å². The zero-order valence-electron chi connectivity index (χ0n) is 22.3. The number of hydrogen-bond donors (Lipinski definition) is 2. The van der Waals surface area contributed by atoms with Crippen LogP contribution in [-0.4, -0.2) is 66.3 Å². The van der Waals surface area contributed by atoms with Gasteiger partial charge in [-0.2, -0.15) is 9.78 Å². The van der Waals surface area contributed by atoms with E-state index < -0.39 is 16.8 Å². The van der Waals surface area contributed by atoms with Crippen LogP contribution in [-0.2, 0) is 6.54 Å². The summed E-state index contributed by atoms with van der Waals surface area (Å²) in [5.41, 5.74) is 9.58. The van der Waals surface area contributed by atoms with Gasteiger partial charge in [0.1, 0.15) is 11.4 Å². The Morgan fingerprint density at radius 1 is 1.22 bits per heavy atom. The fourth-order valence-corrected chi connectivity index (χ4v) is 3.82. The quantitative estimate of drug-likeness (QED) is 0.0886. The number of anilines is 1. The summed E-state index contributed by atoms with van der Waals surface area (Å²) in [4.78, 5) is 38.3. The standard InChI is InChI=1S/C25H26N10O6/c1-4-33(5-2)14-19-21(34(32-28-19)23-22(26)30-41-31-23)24(36)29-27-13-16-7-6-8-18(12-16)40-25(37)17-9-10-20(35(38)39)15(3)11-17/h6-13H,4-5,14H2,1-3H3,(H2,26,30)(H,29,36)/b27-13-. The average Bonchev–Trinajstić information content (AvgIpc) is 3.56. The van der Waals surface area contributed by atoms with E-state index in [9.17, 15) is 19.7 Å². The minimum atomic E-state index is -0.687. The Morgan fingerprint density at radius 2 is 2.00 bits per heavy atom. The number of nitrogen functional groups attached to an aromatic ring is 1. The predicted molar refractivity (Wildman–Crippen MR) is 145 cm³/mol. The highest BCUT2D eigenvalue weighted by Crippen LogP contribution is 2.21. The molecule has 0 saturated carbocycles. The molecule has 0 aliphatic carbocycles. The molecule has 16 nitrogen and oxygen atoms in total. The van der Waals surface area contributed by atoms with Crippen LogP contribution >= 0.6 is 0 Å². The second-order valence-corrected chi connectivity index (χ2v) is 8.65. The van der Waals surface area contributed by atoms with Gasteiger partial charge in [0.15, 0.2) is 5.69 Å². The molecule has 212 valence electrons. The van der Waals surface area contributed by atoms with E-state index in [1.807, 2.05) is 18.7 Å². The van der Waals surface area contributed by atoms with Gasteiger partial charge in [-0.25, -0.2) is 14.8 Å². The van der Waals surface area contributed by atoms with Gasteiger partial charge >= 0.3 is 5.97 Å². The summed E-state index contributed by atoms with van der Waals surface area (Å²) in [7, 11) is 0. The van der Waals surface area contributed by atoms with E-state index in [2.05, 4.69) is 35.8 Å². The van der Waals surface area contributed by atoms with Crippen LogP contribution < -0.4 is 15.9 Å². The van der Waals surface area contributed by atoms with Gasteiger partial charge < -0.3 is 10.5 Å². The van der Waals surface area contributed by atoms with Crippen molar-refractivity contribution in [1.82, 2.24) is 35.6 Å². The second kappa shape index (κ2) is 12.6. The molecule has 1 amide bonds. The van der Waals surface area contributed by atoms with Crippen molar-refractivity contribution >= 4 is 29.6 Å². The van der Waals surface area contributed by atoms with Crippen molar-refractivity contribution in [2.45, 2.75) is 27.3 Å². The van der Waals surface area contributed by atoms with Gasteiger partial charge in [0.05, 0.1) is 16.7 Å². The molecule has 41 heavy (non-hydrogen) atoms. The fraction of sp³-hybridized carbons (Fsp3) is 0.240. The van der Waals surface area contributed by atoms with E-state index in [1.54, 1.807) is 18.2 Å². The number of benzene rings is 2. The van der Waals surface area contributed by atoms with E-state index in [1.165, 1.54) is 37.4 Å². The fourth-order valence-electron chi connectivity index (χ4n) is 3.82. The maximum atomic E-state index is 13.2. The van der Waals surface area contributed by atoms with Crippen LogP contribution in [0.5, 0.6) is 5.75 Å². The SMILES string of the molecule is CCN(CC)Cc1nnn(-c2nonc2N)c1C(=O)N/N=C\c1cccc(OC(=O)c2ccc([N+](=O)[O-])c(C)c2)c1. The molecule has 0 spiro atoms. The number of amides is 1. The number of ether oxygens (including phenoxy) is 1. The van der Waals surface area contributed by atoms with Crippen molar-refractivity contribution in [3.63, 3.8) is 0 Å². The highest BCUT2D eigenvalue weighted by molar-refractivity contribution is 5.95. The lowest BCUT2D eigenvalue weighted by Crippen LogP contribution is -2.27. The first kappa shape index (κ1) is 28.5. The van der Waals surface area contributed by atoms with Crippen LogP contribution in [0.4, 0.5) is 11.5 Å². The summed E-state index contributed by atoms with van der Waals surface area (Å²) in [6.07, 6.45) is 1.36. The van der Waals surface area contributed by atoms with Gasteiger partial charge in [0.25, 0.3) is 11.6 Å². The molecule has 0 atom stereocenters. The van der Waals surface area contributed by atoms with Crippen molar-refractivity contribution in [3.05, 3.63) is 80.7 Å². The van der Waals surface area contributed by atoms with Gasteiger partial charge in [0, 0.05) is 18.2 Å². The number of nitro benzene ring substituents is 1. The Balaban J connectivity index is 1.49. The van der Waals surface area contributed by atoms with Crippen molar-refractivity contribution < 1.29 is 23.9 Å². The molecule has 0 fully saturated rings. The molecule has 0 unspecified atom stereocenters. The third kappa shape index (κ3) is 6.56. The molecule has 0 radical (unpaired) electrons. The first-order valence-electron chi connectivity index (χ1n) is 12.4. The average molecular weight is 563 g/mol. The molecule has 16 heteroatoms. The summed E-state index contributed by atoms with van der Waals surface area (Å²) in [5, 5.41) is 30.4. The Hall–Kier alpha value is -5.51. The molecular formula is C25H26N10O6. The number of nitro groups is 1. The molecule has 2 heterocycles. The molecule has 4 aromatic rings. The van der Waals surface area contributed by atoms with E-state index in [0.717, 1.165) is 17.8 Å². The number of nitrogens with two attached hydrogens (primary N) is 1. The van der Waals surface area contributed by atoms with Crippen LogP contribution in [0.15, 0.2) is 52.2 Å². The first-order chi connectivity index (χ1) is 19.7. The summed E-state index contributed by atoms with van der Waals surface area (Å²) in [6, 6.07) is 10.4. The van der Waals surface area contributed by atoms with Crippen LogP contribution in [0.1, 0.15) is 51.5 Å². The van der Waals surface area contributed by atoms with E-state index in [4.69, 9.17) is 10.5 Å². The summed E-state index contributed by atoms with van der Waals surface area (Å²) >= 11 is 0. The van der Waals surface area contributed by atoms with Crippen LogP contribution in [0.2, 0.25) is 0 Å². The number of esters is 1. The second-order valence-electron chi connectivity index (χ2n) is 8.65. The van der Waals surface area contributed by atoms with Crippen LogP contribution in [0.3, 0.4) is 0 Å². The maximum absolute atomic E-state index is 13.2. The Labute approximate surface area is 232 Å². The lowest BCUT2D eigenvalue weighted by Gasteiger charge is -2.16. The predicted octanol–water partition coefficient (Wildman–Crippen LogP) is 2.27. The van der Waals surface area contributed by atoms with Crippen LogP contribution in [0.25, 0.3) is 5.82 Å². The minimum absolute atomic E-state index is 0.00941. The summed E-state index contributed by atoms with van der Waals surface area (Å²) in [6.45, 7) is 7.29. The van der Waals surface area contributed by atoms with Gasteiger partial charge in [-0.05, 0) is 60.2 Å². The minimum Gasteiger partial charge on any atom is -0.423 e. The Bertz CT molecular complexity index is 1610. The van der Waals surface area contributed by atoms with Crippen molar-refractivity contribution in [2.75, 3.05) is 18.8 Å². The zero-order valence-corrected chi connectivity index (χ0v) is 22.3. The van der Waals surface area contributed by atoms with E-state index >= 15 is 0 Å². The topological polar surface area (TPSA) is 210 Å². The number of aromatic nitrogens is 5. The number of aryl methyl sites for hydroxylation is 1. The van der Waals surface area contributed by atoms with Gasteiger partial charge in [-0.1, -0.05) is 31.2 Å². The molecule has 0 saturated heterocycles. The lowest BCUT2D eigenvalue weighted by atomic mass is 10.1. The number of nitrogens with one attached hydrogen (secondary N) is 1. The molecule has 3 N–H and O–H groups in total. The Kier molecular flexibility index (Phi) is 8.73. The van der Waals surface area contributed by atoms with Crippen LogP contribution in [0, 0.1) is 17.0 Å². The number of hydrazone groups is 1. The lowest BCUT2D eigenvalue weighted by molar-refractivity contribution is -0.385. The maximum Gasteiger partial charge on any atom is 0.343 e. The van der Waals surface area contributed by atoms with Crippen molar-refractivity contribution in [1.29, 1.82) is 0 Å². The molecule has 0 aliphatic heterocycles. The highest BCUT2D eigenvalue weighted by Gasteiger charge is 2.26. The third-order valence-corrected chi connectivity index (χ3v) is 6.00. The zero-order chi connectivity index (χ0) is 29.5. The Morgan fingerprint density at radius 3 is 2.66 bits per heavy atom. The monoisotopic (exact) mass is 562 g/mol. The van der Waals surface area contributed by atoms with Gasteiger partial charge in [0.2, 0.25) is 11.6 Å². The smallest absolute Gasteiger partial charge is 0.343 e. The molecule has 0 bridgehead atoms. The number of carbonyl (C=O) groups is 2. The van der Waals surface area contributed by atoms with Crippen molar-refractivity contribution in [3.8, 4) is 11.6 Å². The number of nitrogens with zero attached hydrogens (tertiary/aromatic N) is 8. The first-order valence-corrected chi connectivity index (χ1v) is 12.4. The van der Waals surface area contributed by atoms with E-state index in [-0.39, 0.29) is 34.3 Å². The molecular weight excluding hydrogens is 536 g/mol. The molecule has 0 aliphatic rings. The third-order valence-electron chi connectivity index (χ3n) is 6.00.